The van der Waals surface area contributed by atoms with Gasteiger partial charge in [0.1, 0.15) is 5.69 Å². The summed E-state index contributed by atoms with van der Waals surface area (Å²) >= 11 is 0. The Morgan fingerprint density at radius 3 is 2.82 bits per heavy atom. The van der Waals surface area contributed by atoms with Gasteiger partial charge in [-0.3, -0.25) is 9.78 Å². The molecule has 1 fully saturated rings. The molecule has 17 heavy (non-hydrogen) atoms. The molecule has 1 amide bonds. The zero-order valence-electron chi connectivity index (χ0n) is 9.39. The Hall–Kier alpha value is -0.840. The molecule has 0 unspecified atom stereocenters. The first kappa shape index (κ1) is 16.2. The number of nitrogens with one attached hydrogen (secondary N) is 2. The highest BCUT2D eigenvalue weighted by atomic mass is 35.5. The van der Waals surface area contributed by atoms with Gasteiger partial charge >= 0.3 is 0 Å². The number of halogens is 2. The molecule has 1 aliphatic heterocycles. The van der Waals surface area contributed by atoms with Crippen LogP contribution in [0.3, 0.4) is 0 Å². The molecule has 0 aliphatic carbocycles. The monoisotopic (exact) mass is 277 g/mol. The Balaban J connectivity index is 0.00000128. The zero-order chi connectivity index (χ0) is 10.5. The second-order valence-corrected chi connectivity index (χ2v) is 3.73. The third kappa shape index (κ3) is 4.89. The molecule has 1 aromatic rings. The fourth-order valence-corrected chi connectivity index (χ4v) is 1.73. The maximum absolute atomic E-state index is 11.7. The molecule has 0 bridgehead atoms. The summed E-state index contributed by atoms with van der Waals surface area (Å²) in [4.78, 5) is 15.7. The van der Waals surface area contributed by atoms with Gasteiger partial charge in [0.05, 0.1) is 0 Å². The van der Waals surface area contributed by atoms with Crippen LogP contribution in [0.25, 0.3) is 0 Å². The minimum absolute atomic E-state index is 0. The number of piperidine rings is 1. The average molecular weight is 278 g/mol. The van der Waals surface area contributed by atoms with Gasteiger partial charge in [0, 0.05) is 18.8 Å². The molecule has 6 heteroatoms. The van der Waals surface area contributed by atoms with Gasteiger partial charge in [0.2, 0.25) is 0 Å². The lowest BCUT2D eigenvalue weighted by molar-refractivity contribution is 0.0925. The quantitative estimate of drug-likeness (QED) is 0.860. The highest BCUT2D eigenvalue weighted by Crippen LogP contribution is 2.02. The van der Waals surface area contributed by atoms with Crippen molar-refractivity contribution in [2.24, 2.45) is 0 Å². The molecule has 2 rings (SSSR count). The van der Waals surface area contributed by atoms with E-state index in [-0.39, 0.29) is 36.8 Å². The van der Waals surface area contributed by atoms with Crippen LogP contribution in [0.4, 0.5) is 0 Å². The molecular weight excluding hydrogens is 261 g/mol. The number of pyridine rings is 1. The third-order valence-electron chi connectivity index (χ3n) is 2.53. The lowest BCUT2D eigenvalue weighted by Crippen LogP contribution is -2.45. The molecule has 0 radical (unpaired) electrons. The van der Waals surface area contributed by atoms with Crippen LogP contribution in [0.2, 0.25) is 0 Å². The summed E-state index contributed by atoms with van der Waals surface area (Å²) in [5, 5.41) is 6.23. The summed E-state index contributed by atoms with van der Waals surface area (Å²) in [7, 11) is 0. The Morgan fingerprint density at radius 2 is 2.24 bits per heavy atom. The van der Waals surface area contributed by atoms with Gasteiger partial charge in [-0.15, -0.1) is 24.8 Å². The number of hydrogen-bond donors (Lipinski definition) is 2. The van der Waals surface area contributed by atoms with E-state index in [2.05, 4.69) is 15.6 Å². The Morgan fingerprint density at radius 1 is 1.41 bits per heavy atom. The van der Waals surface area contributed by atoms with Crippen LogP contribution < -0.4 is 10.6 Å². The minimum atomic E-state index is -0.0794. The lowest BCUT2D eigenvalue weighted by Gasteiger charge is -2.23. The first-order valence-corrected chi connectivity index (χ1v) is 5.29. The highest BCUT2D eigenvalue weighted by Gasteiger charge is 2.16. The summed E-state index contributed by atoms with van der Waals surface area (Å²) in [5.74, 6) is -0.0794. The van der Waals surface area contributed by atoms with Crippen molar-refractivity contribution >= 4 is 30.7 Å². The third-order valence-corrected chi connectivity index (χ3v) is 2.53. The standard InChI is InChI=1S/C11H15N3O.2ClH/c15-11(10-5-1-2-7-13-10)14-9-4-3-6-12-8-9;;/h1-2,5,7,9,12H,3-4,6,8H2,(H,14,15);2*1H/t9-;;/m0../s1. The molecular formula is C11H17Cl2N3O. The largest absolute Gasteiger partial charge is 0.347 e. The van der Waals surface area contributed by atoms with Gasteiger partial charge in [-0.2, -0.15) is 0 Å². The van der Waals surface area contributed by atoms with Crippen molar-refractivity contribution in [2.75, 3.05) is 13.1 Å². The molecule has 2 N–H and O–H groups in total. The van der Waals surface area contributed by atoms with Crippen LogP contribution in [0.15, 0.2) is 24.4 Å². The summed E-state index contributed by atoms with van der Waals surface area (Å²) in [6.45, 7) is 1.91. The van der Waals surface area contributed by atoms with Crippen LogP contribution in [-0.2, 0) is 0 Å². The van der Waals surface area contributed by atoms with Gasteiger partial charge in [-0.1, -0.05) is 6.07 Å². The summed E-state index contributed by atoms with van der Waals surface area (Å²) in [5.41, 5.74) is 0.489. The number of nitrogens with zero attached hydrogens (tertiary/aromatic N) is 1. The van der Waals surface area contributed by atoms with E-state index < -0.39 is 0 Å². The minimum Gasteiger partial charge on any atom is -0.347 e. The zero-order valence-corrected chi connectivity index (χ0v) is 11.0. The summed E-state index contributed by atoms with van der Waals surface area (Å²) in [6, 6.07) is 5.60. The average Bonchev–Trinajstić information content (AvgIpc) is 2.31. The van der Waals surface area contributed by atoms with Crippen molar-refractivity contribution in [2.45, 2.75) is 18.9 Å². The second kappa shape index (κ2) is 8.28. The number of carbonyl (C=O) groups excluding carboxylic acids is 1. The van der Waals surface area contributed by atoms with Crippen molar-refractivity contribution in [3.63, 3.8) is 0 Å². The topological polar surface area (TPSA) is 54.0 Å². The van der Waals surface area contributed by atoms with E-state index in [1.54, 1.807) is 18.3 Å². The van der Waals surface area contributed by atoms with Crippen LogP contribution in [-0.4, -0.2) is 30.0 Å². The highest BCUT2D eigenvalue weighted by molar-refractivity contribution is 5.92. The Bertz CT molecular complexity index is 329. The second-order valence-electron chi connectivity index (χ2n) is 3.73. The summed E-state index contributed by atoms with van der Waals surface area (Å²) in [6.07, 6.45) is 3.80. The number of hydrogen-bond acceptors (Lipinski definition) is 3. The van der Waals surface area contributed by atoms with E-state index >= 15 is 0 Å². The predicted molar refractivity (Wildman–Crippen MR) is 72.1 cm³/mol. The van der Waals surface area contributed by atoms with Gasteiger partial charge in [0.25, 0.3) is 5.91 Å². The number of aromatic nitrogens is 1. The Kier molecular flexibility index (Phi) is 7.87. The molecule has 0 spiro atoms. The normalized spacial score (nSPS) is 18.5. The number of amides is 1. The van der Waals surface area contributed by atoms with E-state index in [4.69, 9.17) is 0 Å². The smallest absolute Gasteiger partial charge is 0.270 e. The fraction of sp³-hybridized carbons (Fsp3) is 0.455. The van der Waals surface area contributed by atoms with Crippen molar-refractivity contribution in [1.29, 1.82) is 0 Å². The summed E-state index contributed by atoms with van der Waals surface area (Å²) < 4.78 is 0. The van der Waals surface area contributed by atoms with E-state index in [0.717, 1.165) is 25.9 Å². The molecule has 1 aliphatic rings. The van der Waals surface area contributed by atoms with Crippen molar-refractivity contribution in [3.05, 3.63) is 30.1 Å². The van der Waals surface area contributed by atoms with Gasteiger partial charge in [-0.25, -0.2) is 0 Å². The van der Waals surface area contributed by atoms with Gasteiger partial charge < -0.3 is 10.6 Å². The van der Waals surface area contributed by atoms with E-state index in [1.807, 2.05) is 6.07 Å². The molecule has 0 saturated carbocycles. The maximum atomic E-state index is 11.7. The fourth-order valence-electron chi connectivity index (χ4n) is 1.73. The van der Waals surface area contributed by atoms with Crippen molar-refractivity contribution < 1.29 is 4.79 Å². The van der Waals surface area contributed by atoms with E-state index in [9.17, 15) is 4.79 Å². The van der Waals surface area contributed by atoms with Gasteiger partial charge in [0.15, 0.2) is 0 Å². The molecule has 2 heterocycles. The van der Waals surface area contributed by atoms with Crippen LogP contribution in [0.5, 0.6) is 0 Å². The van der Waals surface area contributed by atoms with Gasteiger partial charge in [-0.05, 0) is 31.5 Å². The molecule has 1 saturated heterocycles. The van der Waals surface area contributed by atoms with Crippen molar-refractivity contribution in [3.8, 4) is 0 Å². The predicted octanol–water partition coefficient (Wildman–Crippen LogP) is 1.41. The molecule has 1 aromatic heterocycles. The first-order chi connectivity index (χ1) is 7.36. The molecule has 4 nitrogen and oxygen atoms in total. The van der Waals surface area contributed by atoms with Crippen LogP contribution in [0, 0.1) is 0 Å². The number of rotatable bonds is 2. The number of carbonyl (C=O) groups is 1. The van der Waals surface area contributed by atoms with Crippen molar-refractivity contribution in [1.82, 2.24) is 15.6 Å². The maximum Gasteiger partial charge on any atom is 0.270 e. The molecule has 1 atom stereocenters. The van der Waals surface area contributed by atoms with Crippen LogP contribution in [0.1, 0.15) is 23.3 Å². The molecule has 0 aromatic carbocycles. The lowest BCUT2D eigenvalue weighted by atomic mass is 10.1. The Labute approximate surface area is 113 Å². The first-order valence-electron chi connectivity index (χ1n) is 5.29. The van der Waals surface area contributed by atoms with E-state index in [1.165, 1.54) is 0 Å². The SMILES string of the molecule is Cl.Cl.O=C(N[C@H]1CCCNC1)c1ccccn1. The van der Waals surface area contributed by atoms with Crippen LogP contribution >= 0.6 is 24.8 Å². The van der Waals surface area contributed by atoms with E-state index in [0.29, 0.717) is 5.69 Å². The molecule has 96 valence electrons.